The van der Waals surface area contributed by atoms with Crippen LogP contribution in [0.4, 0.5) is 0 Å². The summed E-state index contributed by atoms with van der Waals surface area (Å²) in [7, 11) is 0. The van der Waals surface area contributed by atoms with E-state index in [4.69, 9.17) is 8.83 Å². The Hall–Kier alpha value is -2.82. The number of fused-ring (bicyclic) bond motifs is 1. The maximum Gasteiger partial charge on any atom is 0.287 e. The van der Waals surface area contributed by atoms with Gasteiger partial charge < -0.3 is 14.2 Å². The predicted octanol–water partition coefficient (Wildman–Crippen LogP) is 2.36. The summed E-state index contributed by atoms with van der Waals surface area (Å²) in [6.07, 6.45) is 3.86. The number of carbonyl (C=O) groups excluding carboxylic acids is 1. The fourth-order valence-electron chi connectivity index (χ4n) is 2.06. The van der Waals surface area contributed by atoms with Crippen molar-refractivity contribution in [2.45, 2.75) is 6.42 Å². The Labute approximate surface area is 120 Å². The van der Waals surface area contributed by atoms with Gasteiger partial charge in [-0.25, -0.2) is 0 Å². The number of rotatable bonds is 4. The highest BCUT2D eigenvalue weighted by atomic mass is 16.3. The van der Waals surface area contributed by atoms with Crippen LogP contribution in [0.3, 0.4) is 0 Å². The van der Waals surface area contributed by atoms with Gasteiger partial charge in [0.2, 0.25) is 0 Å². The molecule has 0 unspecified atom stereocenters. The van der Waals surface area contributed by atoms with Gasteiger partial charge in [0, 0.05) is 12.6 Å². The Kier molecular flexibility index (Phi) is 3.55. The van der Waals surface area contributed by atoms with Crippen molar-refractivity contribution < 1.29 is 13.6 Å². The van der Waals surface area contributed by atoms with Crippen LogP contribution in [0, 0.1) is 0 Å². The first-order chi connectivity index (χ1) is 10.2. The molecule has 0 spiro atoms. The number of para-hydroxylation sites is 1. The fourth-order valence-corrected chi connectivity index (χ4v) is 2.06. The normalized spacial score (nSPS) is 10.7. The van der Waals surface area contributed by atoms with Gasteiger partial charge in [-0.05, 0) is 30.2 Å². The molecule has 21 heavy (non-hydrogen) atoms. The van der Waals surface area contributed by atoms with E-state index in [1.54, 1.807) is 36.8 Å². The summed E-state index contributed by atoms with van der Waals surface area (Å²) >= 11 is 0. The van der Waals surface area contributed by atoms with Crippen LogP contribution in [-0.4, -0.2) is 12.5 Å². The molecule has 0 radical (unpaired) electrons. The first-order valence-electron chi connectivity index (χ1n) is 6.56. The molecule has 0 fully saturated rings. The van der Waals surface area contributed by atoms with Crippen molar-refractivity contribution in [1.82, 2.24) is 5.32 Å². The second kappa shape index (κ2) is 5.66. The van der Waals surface area contributed by atoms with Gasteiger partial charge in [0.25, 0.3) is 5.91 Å². The van der Waals surface area contributed by atoms with Gasteiger partial charge in [0.1, 0.15) is 5.58 Å². The summed E-state index contributed by atoms with van der Waals surface area (Å²) in [6.45, 7) is 0.439. The van der Waals surface area contributed by atoms with E-state index in [1.807, 2.05) is 6.07 Å². The van der Waals surface area contributed by atoms with Crippen LogP contribution in [0.15, 0.2) is 62.6 Å². The number of hydrogen-bond acceptors (Lipinski definition) is 4. The average Bonchev–Trinajstić information content (AvgIpc) is 3.00. The van der Waals surface area contributed by atoms with E-state index < -0.39 is 5.91 Å². The molecule has 0 aliphatic heterocycles. The Bertz CT molecular complexity index is 818. The van der Waals surface area contributed by atoms with Crippen molar-refractivity contribution >= 4 is 16.9 Å². The topological polar surface area (TPSA) is 72.5 Å². The van der Waals surface area contributed by atoms with Crippen LogP contribution in [0.5, 0.6) is 0 Å². The smallest absolute Gasteiger partial charge is 0.287 e. The molecule has 1 aromatic carbocycles. The Morgan fingerprint density at radius 1 is 1.19 bits per heavy atom. The highest BCUT2D eigenvalue weighted by Crippen LogP contribution is 2.11. The molecule has 1 amide bonds. The van der Waals surface area contributed by atoms with Gasteiger partial charge in [-0.1, -0.05) is 12.1 Å². The maximum absolute atomic E-state index is 12.0. The number of nitrogens with one attached hydrogen (secondary N) is 1. The van der Waals surface area contributed by atoms with Crippen LogP contribution in [-0.2, 0) is 6.42 Å². The number of hydrogen-bond donors (Lipinski definition) is 1. The monoisotopic (exact) mass is 283 g/mol. The molecule has 0 saturated heterocycles. The van der Waals surface area contributed by atoms with E-state index in [2.05, 4.69) is 5.32 Å². The van der Waals surface area contributed by atoms with Crippen molar-refractivity contribution in [1.29, 1.82) is 0 Å². The zero-order valence-corrected chi connectivity index (χ0v) is 11.2. The summed E-state index contributed by atoms with van der Waals surface area (Å²) in [5.41, 5.74) is 1.18. The molecule has 5 heteroatoms. The van der Waals surface area contributed by atoms with Crippen LogP contribution >= 0.6 is 0 Å². The van der Waals surface area contributed by atoms with Crippen LogP contribution in [0.25, 0.3) is 11.0 Å². The lowest BCUT2D eigenvalue weighted by Gasteiger charge is -2.04. The summed E-state index contributed by atoms with van der Waals surface area (Å²) < 4.78 is 10.4. The number of furan rings is 1. The summed E-state index contributed by atoms with van der Waals surface area (Å²) in [5, 5.41) is 3.18. The largest absolute Gasteiger partial charge is 0.472 e. The Balaban J connectivity index is 1.74. The van der Waals surface area contributed by atoms with Crippen molar-refractivity contribution in [2.24, 2.45) is 0 Å². The SMILES string of the molecule is O=C(NCCc1ccoc1)c1cc(=O)c2ccccc2o1. The molecule has 0 saturated carbocycles. The molecular formula is C16H13NO4. The minimum absolute atomic E-state index is 0.0193. The van der Waals surface area contributed by atoms with E-state index in [1.165, 1.54) is 6.07 Å². The van der Waals surface area contributed by atoms with E-state index >= 15 is 0 Å². The molecule has 2 heterocycles. The molecular weight excluding hydrogens is 270 g/mol. The van der Waals surface area contributed by atoms with Crippen molar-refractivity contribution in [2.75, 3.05) is 6.54 Å². The third-order valence-corrected chi connectivity index (χ3v) is 3.14. The lowest BCUT2D eigenvalue weighted by molar-refractivity contribution is 0.0927. The second-order valence-electron chi connectivity index (χ2n) is 4.61. The Morgan fingerprint density at radius 3 is 2.86 bits per heavy atom. The second-order valence-corrected chi connectivity index (χ2v) is 4.61. The molecule has 0 aliphatic carbocycles. The minimum Gasteiger partial charge on any atom is -0.472 e. The molecule has 5 nitrogen and oxygen atoms in total. The highest BCUT2D eigenvalue weighted by molar-refractivity contribution is 5.93. The van der Waals surface area contributed by atoms with Crippen LogP contribution in [0.2, 0.25) is 0 Å². The summed E-state index contributed by atoms with van der Waals surface area (Å²) in [6, 6.07) is 9.90. The van der Waals surface area contributed by atoms with Crippen molar-refractivity contribution in [3.63, 3.8) is 0 Å². The molecule has 0 bridgehead atoms. The third kappa shape index (κ3) is 2.86. The number of carbonyl (C=O) groups is 1. The van der Waals surface area contributed by atoms with Gasteiger partial charge in [0.15, 0.2) is 11.2 Å². The average molecular weight is 283 g/mol. The van der Waals surface area contributed by atoms with Crippen molar-refractivity contribution in [3.8, 4) is 0 Å². The molecule has 2 aromatic heterocycles. The molecule has 106 valence electrons. The fraction of sp³-hybridized carbons (Fsp3) is 0.125. The van der Waals surface area contributed by atoms with Crippen molar-refractivity contribution in [3.05, 3.63) is 70.5 Å². The molecule has 0 aliphatic rings. The number of benzene rings is 1. The van der Waals surface area contributed by atoms with Gasteiger partial charge in [0.05, 0.1) is 17.9 Å². The van der Waals surface area contributed by atoms with E-state index in [9.17, 15) is 9.59 Å². The predicted molar refractivity (Wildman–Crippen MR) is 77.2 cm³/mol. The highest BCUT2D eigenvalue weighted by Gasteiger charge is 2.11. The van der Waals surface area contributed by atoms with E-state index in [0.717, 1.165) is 5.56 Å². The standard InChI is InChI=1S/C16H13NO4/c18-13-9-15(21-14-4-2-1-3-12(13)14)16(19)17-7-5-11-6-8-20-10-11/h1-4,6,8-10H,5,7H2,(H,17,19). The quantitative estimate of drug-likeness (QED) is 0.797. The third-order valence-electron chi connectivity index (χ3n) is 3.14. The van der Waals surface area contributed by atoms with Gasteiger partial charge in [-0.2, -0.15) is 0 Å². The first kappa shape index (κ1) is 13.2. The minimum atomic E-state index is -0.402. The van der Waals surface area contributed by atoms with Crippen LogP contribution < -0.4 is 10.7 Å². The maximum atomic E-state index is 12.0. The lowest BCUT2D eigenvalue weighted by Crippen LogP contribution is -2.26. The molecule has 3 rings (SSSR count). The summed E-state index contributed by atoms with van der Waals surface area (Å²) in [5.74, 6) is -0.382. The van der Waals surface area contributed by atoms with E-state index in [0.29, 0.717) is 23.9 Å². The van der Waals surface area contributed by atoms with Gasteiger partial charge in [-0.15, -0.1) is 0 Å². The van der Waals surface area contributed by atoms with Gasteiger partial charge in [-0.3, -0.25) is 9.59 Å². The Morgan fingerprint density at radius 2 is 2.05 bits per heavy atom. The molecule has 1 N–H and O–H groups in total. The zero-order chi connectivity index (χ0) is 14.7. The molecule has 0 atom stereocenters. The lowest BCUT2D eigenvalue weighted by atomic mass is 10.2. The summed E-state index contributed by atoms with van der Waals surface area (Å²) in [4.78, 5) is 23.9. The van der Waals surface area contributed by atoms with E-state index in [-0.39, 0.29) is 11.2 Å². The van der Waals surface area contributed by atoms with Gasteiger partial charge >= 0.3 is 0 Å². The number of amides is 1. The zero-order valence-electron chi connectivity index (χ0n) is 11.2. The van der Waals surface area contributed by atoms with Crippen LogP contribution in [0.1, 0.15) is 16.1 Å². The molecule has 3 aromatic rings. The first-order valence-corrected chi connectivity index (χ1v) is 6.56.